The van der Waals surface area contributed by atoms with Crippen molar-refractivity contribution in [2.75, 3.05) is 13.7 Å². The quantitative estimate of drug-likeness (QED) is 0.887. The third-order valence-electron chi connectivity index (χ3n) is 4.36. The van der Waals surface area contributed by atoms with Crippen molar-refractivity contribution in [2.24, 2.45) is 0 Å². The highest BCUT2D eigenvalue weighted by molar-refractivity contribution is 5.54. The van der Waals surface area contributed by atoms with Crippen LogP contribution in [0.25, 0.3) is 6.08 Å². The van der Waals surface area contributed by atoms with Crippen molar-refractivity contribution < 1.29 is 19.7 Å². The highest BCUT2D eigenvalue weighted by Crippen LogP contribution is 2.40. The van der Waals surface area contributed by atoms with Crippen LogP contribution < -0.4 is 4.74 Å². The molecule has 4 nitrogen and oxygen atoms in total. The molecule has 4 heteroatoms. The molecule has 1 heterocycles. The van der Waals surface area contributed by atoms with Gasteiger partial charge in [0, 0.05) is 11.5 Å². The Bertz CT molecular complexity index is 682. The Balaban J connectivity index is 2.02. The van der Waals surface area contributed by atoms with Crippen LogP contribution in [0.4, 0.5) is 0 Å². The number of rotatable bonds is 5. The molecule has 126 valence electrons. The number of methoxy groups -OCH3 is 1. The number of benzene rings is 2. The maximum Gasteiger partial charge on any atom is 0.123 e. The zero-order valence-electron chi connectivity index (χ0n) is 13.6. The third-order valence-corrected chi connectivity index (χ3v) is 4.36. The molecule has 2 aromatic rings. The molecular formula is C20H22O4. The molecule has 2 aromatic carbocycles. The molecule has 0 aromatic heterocycles. The lowest BCUT2D eigenvalue weighted by atomic mass is 9.84. The van der Waals surface area contributed by atoms with E-state index in [0.29, 0.717) is 6.61 Å². The summed E-state index contributed by atoms with van der Waals surface area (Å²) in [7, 11) is 1.64. The Morgan fingerprint density at radius 3 is 2.71 bits per heavy atom. The second-order valence-electron chi connectivity index (χ2n) is 5.85. The molecule has 3 atom stereocenters. The molecule has 1 aliphatic heterocycles. The summed E-state index contributed by atoms with van der Waals surface area (Å²) in [6.45, 7) is 0.0504. The summed E-state index contributed by atoms with van der Waals surface area (Å²) in [5, 5.41) is 19.6. The van der Waals surface area contributed by atoms with Crippen molar-refractivity contribution in [3.8, 4) is 5.75 Å². The van der Waals surface area contributed by atoms with E-state index in [4.69, 9.17) is 9.47 Å². The standard InChI is InChI=1S/C20H22O4/c1-23-18-9-5-8-15-13-24-20(17(22)12-21)16(19(15)18)11-10-14-6-3-2-4-7-14/h2-11,16-17,20-22H,12-13H2,1H3/b11-10+/t16-,17+,20-/m0/s1. The fraction of sp³-hybridized carbons (Fsp3) is 0.300. The summed E-state index contributed by atoms with van der Waals surface area (Å²) in [4.78, 5) is 0. The lowest BCUT2D eigenvalue weighted by Crippen LogP contribution is -2.39. The topological polar surface area (TPSA) is 58.9 Å². The molecule has 0 aliphatic carbocycles. The van der Waals surface area contributed by atoms with Crippen molar-refractivity contribution in [3.63, 3.8) is 0 Å². The number of aliphatic hydroxyl groups excluding tert-OH is 2. The Morgan fingerprint density at radius 2 is 2.00 bits per heavy atom. The van der Waals surface area contributed by atoms with Gasteiger partial charge in [-0.05, 0) is 17.2 Å². The molecule has 2 N–H and O–H groups in total. The Morgan fingerprint density at radius 1 is 1.21 bits per heavy atom. The summed E-state index contributed by atoms with van der Waals surface area (Å²) in [6, 6.07) is 15.8. The van der Waals surface area contributed by atoms with Gasteiger partial charge in [-0.2, -0.15) is 0 Å². The first-order valence-electron chi connectivity index (χ1n) is 8.04. The Hall–Kier alpha value is -2.14. The highest BCUT2D eigenvalue weighted by Gasteiger charge is 2.35. The summed E-state index contributed by atoms with van der Waals surface area (Å²) < 4.78 is 11.4. The van der Waals surface area contributed by atoms with Gasteiger partial charge >= 0.3 is 0 Å². The molecule has 0 saturated heterocycles. The molecule has 0 unspecified atom stereocenters. The van der Waals surface area contributed by atoms with Crippen LogP contribution in [0.1, 0.15) is 22.6 Å². The predicted molar refractivity (Wildman–Crippen MR) is 92.9 cm³/mol. The lowest BCUT2D eigenvalue weighted by Gasteiger charge is -2.35. The van der Waals surface area contributed by atoms with Crippen LogP contribution in [-0.4, -0.2) is 36.1 Å². The maximum atomic E-state index is 10.2. The largest absolute Gasteiger partial charge is 0.496 e. The van der Waals surface area contributed by atoms with Crippen molar-refractivity contribution in [3.05, 3.63) is 71.3 Å². The van der Waals surface area contributed by atoms with Crippen LogP contribution in [0.15, 0.2) is 54.6 Å². The Labute approximate surface area is 142 Å². The van der Waals surface area contributed by atoms with E-state index in [1.165, 1.54) is 0 Å². The smallest absolute Gasteiger partial charge is 0.123 e. The molecule has 1 aliphatic rings. The van der Waals surface area contributed by atoms with Crippen LogP contribution in [0.2, 0.25) is 0 Å². The number of ether oxygens (including phenoxy) is 2. The van der Waals surface area contributed by atoms with Crippen LogP contribution >= 0.6 is 0 Å². The van der Waals surface area contributed by atoms with Gasteiger partial charge in [0.1, 0.15) is 11.9 Å². The van der Waals surface area contributed by atoms with Gasteiger partial charge in [-0.25, -0.2) is 0 Å². The molecule has 0 amide bonds. The third kappa shape index (κ3) is 3.36. The molecular weight excluding hydrogens is 304 g/mol. The molecule has 0 spiro atoms. The van der Waals surface area contributed by atoms with E-state index in [0.717, 1.165) is 22.4 Å². The molecule has 0 saturated carbocycles. The number of aliphatic hydroxyl groups is 2. The van der Waals surface area contributed by atoms with Crippen molar-refractivity contribution in [1.29, 1.82) is 0 Å². The van der Waals surface area contributed by atoms with Crippen molar-refractivity contribution in [1.82, 2.24) is 0 Å². The van der Waals surface area contributed by atoms with Crippen LogP contribution in [-0.2, 0) is 11.3 Å². The molecule has 0 radical (unpaired) electrons. The van der Waals surface area contributed by atoms with Crippen molar-refractivity contribution >= 4 is 6.08 Å². The number of hydrogen-bond donors (Lipinski definition) is 2. The van der Waals surface area contributed by atoms with Gasteiger partial charge in [-0.3, -0.25) is 0 Å². The van der Waals surface area contributed by atoms with Crippen molar-refractivity contribution in [2.45, 2.75) is 24.7 Å². The van der Waals surface area contributed by atoms with Crippen LogP contribution in [0, 0.1) is 0 Å². The lowest BCUT2D eigenvalue weighted by molar-refractivity contribution is -0.0790. The van der Waals surface area contributed by atoms with E-state index in [1.54, 1.807) is 7.11 Å². The number of hydrogen-bond acceptors (Lipinski definition) is 4. The zero-order valence-corrected chi connectivity index (χ0v) is 13.6. The van der Waals surface area contributed by atoms with Gasteiger partial charge in [0.05, 0.1) is 26.4 Å². The van der Waals surface area contributed by atoms with Crippen LogP contribution in [0.5, 0.6) is 5.75 Å². The Kier molecular flexibility index (Phi) is 5.30. The maximum absolute atomic E-state index is 10.2. The second kappa shape index (κ2) is 7.62. The summed E-state index contributed by atoms with van der Waals surface area (Å²) in [5.41, 5.74) is 3.12. The number of fused-ring (bicyclic) bond motifs is 1. The van der Waals surface area contributed by atoms with E-state index in [2.05, 4.69) is 0 Å². The minimum Gasteiger partial charge on any atom is -0.496 e. The first kappa shape index (κ1) is 16.7. The zero-order chi connectivity index (χ0) is 16.9. The minimum absolute atomic E-state index is 0.202. The van der Waals surface area contributed by atoms with Gasteiger partial charge in [0.2, 0.25) is 0 Å². The summed E-state index contributed by atoms with van der Waals surface area (Å²) in [5.74, 6) is 0.570. The van der Waals surface area contributed by atoms with Gasteiger partial charge in [-0.1, -0.05) is 54.6 Å². The first-order valence-corrected chi connectivity index (χ1v) is 8.04. The van der Waals surface area contributed by atoms with Crippen LogP contribution in [0.3, 0.4) is 0 Å². The highest BCUT2D eigenvalue weighted by atomic mass is 16.5. The van der Waals surface area contributed by atoms with E-state index < -0.39 is 12.2 Å². The SMILES string of the molecule is COc1cccc2c1[C@H](/C=C/c1ccccc1)[C@@H]([C@H](O)CO)OC2. The minimum atomic E-state index is -0.950. The molecule has 0 fully saturated rings. The summed E-state index contributed by atoms with van der Waals surface area (Å²) in [6.07, 6.45) is 2.55. The average molecular weight is 326 g/mol. The van der Waals surface area contributed by atoms with E-state index >= 15 is 0 Å². The summed E-state index contributed by atoms with van der Waals surface area (Å²) >= 11 is 0. The monoisotopic (exact) mass is 326 g/mol. The predicted octanol–water partition coefficient (Wildman–Crippen LogP) is 2.74. The van der Waals surface area contributed by atoms with Gasteiger partial charge in [0.25, 0.3) is 0 Å². The fourth-order valence-corrected chi connectivity index (χ4v) is 3.16. The van der Waals surface area contributed by atoms with Gasteiger partial charge < -0.3 is 19.7 Å². The van der Waals surface area contributed by atoms with Gasteiger partial charge in [-0.15, -0.1) is 0 Å². The van der Waals surface area contributed by atoms with E-state index in [1.807, 2.05) is 60.7 Å². The molecule has 3 rings (SSSR count). The first-order chi connectivity index (χ1) is 11.7. The molecule has 24 heavy (non-hydrogen) atoms. The van der Waals surface area contributed by atoms with E-state index in [-0.39, 0.29) is 12.5 Å². The molecule has 0 bridgehead atoms. The average Bonchev–Trinajstić information content (AvgIpc) is 2.65. The van der Waals surface area contributed by atoms with E-state index in [9.17, 15) is 10.2 Å². The fourth-order valence-electron chi connectivity index (χ4n) is 3.16. The second-order valence-corrected chi connectivity index (χ2v) is 5.85. The normalized spacial score (nSPS) is 21.5. The van der Waals surface area contributed by atoms with Gasteiger partial charge in [0.15, 0.2) is 0 Å².